The lowest BCUT2D eigenvalue weighted by molar-refractivity contribution is 0.0727. The molecule has 0 N–H and O–H groups in total. The summed E-state index contributed by atoms with van der Waals surface area (Å²) in [7, 11) is 1.97. The Balaban J connectivity index is 1.29. The van der Waals surface area contributed by atoms with Crippen molar-refractivity contribution in [3.63, 3.8) is 0 Å². The van der Waals surface area contributed by atoms with Gasteiger partial charge in [-0.2, -0.15) is 10.2 Å². The van der Waals surface area contributed by atoms with Gasteiger partial charge in [0.1, 0.15) is 0 Å². The second-order valence-electron chi connectivity index (χ2n) is 8.08. The third-order valence-electron chi connectivity index (χ3n) is 6.24. The average molecular weight is 390 g/mol. The highest BCUT2D eigenvalue weighted by Crippen LogP contribution is 2.22. The molecule has 0 fully saturated rings. The molecule has 0 radical (unpaired) electrons. The van der Waals surface area contributed by atoms with Crippen LogP contribution in [0.3, 0.4) is 0 Å². The van der Waals surface area contributed by atoms with Crippen LogP contribution in [0.5, 0.6) is 0 Å². The molecule has 0 unspecified atom stereocenters. The minimum atomic E-state index is 0.0380. The van der Waals surface area contributed by atoms with E-state index in [2.05, 4.69) is 40.2 Å². The van der Waals surface area contributed by atoms with Crippen LogP contribution < -0.4 is 0 Å². The molecule has 7 heteroatoms. The normalized spacial score (nSPS) is 16.6. The summed E-state index contributed by atoms with van der Waals surface area (Å²) in [6.45, 7) is 6.94. The quantitative estimate of drug-likeness (QED) is 0.688. The van der Waals surface area contributed by atoms with Gasteiger partial charge in [-0.3, -0.25) is 19.1 Å². The first-order valence-corrected chi connectivity index (χ1v) is 10.2. The monoisotopic (exact) mass is 390 g/mol. The summed E-state index contributed by atoms with van der Waals surface area (Å²) in [6, 6.07) is 10.4. The van der Waals surface area contributed by atoms with E-state index in [4.69, 9.17) is 0 Å². The van der Waals surface area contributed by atoms with Crippen LogP contribution in [0.15, 0.2) is 36.5 Å². The van der Waals surface area contributed by atoms with Crippen molar-refractivity contribution in [2.45, 2.75) is 39.5 Å². The topological polar surface area (TPSA) is 59.2 Å². The van der Waals surface area contributed by atoms with Gasteiger partial charge in [-0.1, -0.05) is 24.3 Å². The van der Waals surface area contributed by atoms with Gasteiger partial charge >= 0.3 is 0 Å². The number of hydrogen-bond donors (Lipinski definition) is 0. The summed E-state index contributed by atoms with van der Waals surface area (Å²) in [5.41, 5.74) is 6.72. The molecule has 0 atom stereocenters. The molecule has 2 aliphatic heterocycles. The van der Waals surface area contributed by atoms with Crippen molar-refractivity contribution < 1.29 is 4.79 Å². The maximum absolute atomic E-state index is 13.1. The van der Waals surface area contributed by atoms with E-state index in [1.165, 1.54) is 22.4 Å². The number of aromatic nitrogens is 4. The number of rotatable bonds is 3. The zero-order chi connectivity index (χ0) is 20.0. The standard InChI is InChI=1S/C22H26N6O/c1-16-19(12-23-25(16)2)13-26-9-10-28-20(15-26)11-21(24-28)22(29)27-8-7-17-5-3-4-6-18(17)14-27/h3-6,11-12H,7-10,13-15H2,1-2H3. The zero-order valence-corrected chi connectivity index (χ0v) is 17.0. The molecule has 7 nitrogen and oxygen atoms in total. The summed E-state index contributed by atoms with van der Waals surface area (Å²) in [5.74, 6) is 0.0380. The SMILES string of the molecule is Cc1c(CN2CCn3nc(C(=O)N4CCc5ccccc5C4)cc3C2)cnn1C. The molecule has 0 bridgehead atoms. The predicted octanol–water partition coefficient (Wildman–Crippen LogP) is 2.14. The molecule has 1 aromatic carbocycles. The number of hydrogen-bond acceptors (Lipinski definition) is 4. The Morgan fingerprint density at radius 2 is 1.93 bits per heavy atom. The molecular formula is C22H26N6O. The Labute approximate surface area is 170 Å². The van der Waals surface area contributed by atoms with Gasteiger partial charge in [0.05, 0.1) is 18.4 Å². The van der Waals surface area contributed by atoms with Crippen molar-refractivity contribution in [2.75, 3.05) is 13.1 Å². The van der Waals surface area contributed by atoms with Crippen LogP contribution in [-0.4, -0.2) is 48.4 Å². The predicted molar refractivity (Wildman–Crippen MR) is 109 cm³/mol. The molecule has 29 heavy (non-hydrogen) atoms. The molecule has 4 heterocycles. The molecule has 2 aliphatic rings. The zero-order valence-electron chi connectivity index (χ0n) is 17.0. The minimum Gasteiger partial charge on any atom is -0.333 e. The fourth-order valence-corrected chi connectivity index (χ4v) is 4.33. The third kappa shape index (κ3) is 3.35. The molecule has 0 spiro atoms. The van der Waals surface area contributed by atoms with Gasteiger partial charge in [-0.15, -0.1) is 0 Å². The molecule has 0 saturated carbocycles. The molecule has 1 amide bonds. The van der Waals surface area contributed by atoms with Gasteiger partial charge in [0, 0.05) is 51.0 Å². The van der Waals surface area contributed by atoms with Crippen molar-refractivity contribution in [3.05, 3.63) is 70.3 Å². The Morgan fingerprint density at radius 1 is 1.10 bits per heavy atom. The number of carbonyl (C=O) groups excluding carboxylic acids is 1. The highest BCUT2D eigenvalue weighted by atomic mass is 16.2. The van der Waals surface area contributed by atoms with E-state index in [0.29, 0.717) is 12.2 Å². The molecular weight excluding hydrogens is 364 g/mol. The maximum atomic E-state index is 13.1. The number of benzene rings is 1. The summed E-state index contributed by atoms with van der Waals surface area (Å²) < 4.78 is 3.91. The maximum Gasteiger partial charge on any atom is 0.274 e. The second kappa shape index (κ2) is 7.15. The number of carbonyl (C=O) groups is 1. The van der Waals surface area contributed by atoms with E-state index < -0.39 is 0 Å². The molecule has 0 aliphatic carbocycles. The molecule has 0 saturated heterocycles. The van der Waals surface area contributed by atoms with E-state index in [1.54, 1.807) is 0 Å². The van der Waals surface area contributed by atoms with Crippen molar-refractivity contribution in [2.24, 2.45) is 7.05 Å². The minimum absolute atomic E-state index is 0.0380. The first-order valence-electron chi connectivity index (χ1n) is 10.2. The Bertz CT molecular complexity index is 1070. The Morgan fingerprint density at radius 3 is 2.72 bits per heavy atom. The van der Waals surface area contributed by atoms with Gasteiger partial charge in [0.2, 0.25) is 0 Å². The molecule has 5 rings (SSSR count). The third-order valence-corrected chi connectivity index (χ3v) is 6.24. The molecule has 3 aromatic rings. The van der Waals surface area contributed by atoms with Crippen LogP contribution in [0.25, 0.3) is 0 Å². The number of aryl methyl sites for hydroxylation is 1. The van der Waals surface area contributed by atoms with Gasteiger partial charge < -0.3 is 4.90 Å². The fourth-order valence-electron chi connectivity index (χ4n) is 4.33. The first kappa shape index (κ1) is 18.1. The first-order chi connectivity index (χ1) is 14.1. The van der Waals surface area contributed by atoms with Gasteiger partial charge in [0.15, 0.2) is 5.69 Å². The lowest BCUT2D eigenvalue weighted by atomic mass is 10.00. The smallest absolute Gasteiger partial charge is 0.274 e. The average Bonchev–Trinajstić information content (AvgIpc) is 3.31. The van der Waals surface area contributed by atoms with Gasteiger partial charge in [0.25, 0.3) is 5.91 Å². The largest absolute Gasteiger partial charge is 0.333 e. The lowest BCUT2D eigenvalue weighted by Gasteiger charge is -2.28. The van der Waals surface area contributed by atoms with Crippen LogP contribution >= 0.6 is 0 Å². The van der Waals surface area contributed by atoms with E-state index in [0.717, 1.165) is 44.8 Å². The van der Waals surface area contributed by atoms with E-state index in [-0.39, 0.29) is 5.91 Å². The number of fused-ring (bicyclic) bond motifs is 2. The second-order valence-corrected chi connectivity index (χ2v) is 8.08. The highest BCUT2D eigenvalue weighted by molar-refractivity contribution is 5.92. The van der Waals surface area contributed by atoms with Crippen molar-refractivity contribution in [3.8, 4) is 0 Å². The van der Waals surface area contributed by atoms with Crippen LogP contribution in [0.2, 0.25) is 0 Å². The van der Waals surface area contributed by atoms with E-state index in [1.807, 2.05) is 39.6 Å². The number of nitrogens with zero attached hydrogens (tertiary/aromatic N) is 6. The van der Waals surface area contributed by atoms with Gasteiger partial charge in [-0.25, -0.2) is 0 Å². The van der Waals surface area contributed by atoms with Crippen LogP contribution in [0.4, 0.5) is 0 Å². The summed E-state index contributed by atoms with van der Waals surface area (Å²) >= 11 is 0. The van der Waals surface area contributed by atoms with Crippen LogP contribution in [0.1, 0.15) is 38.6 Å². The summed E-state index contributed by atoms with van der Waals surface area (Å²) in [4.78, 5) is 17.4. The number of amides is 1. The highest BCUT2D eigenvalue weighted by Gasteiger charge is 2.26. The van der Waals surface area contributed by atoms with Crippen molar-refractivity contribution in [1.82, 2.24) is 29.4 Å². The van der Waals surface area contributed by atoms with E-state index >= 15 is 0 Å². The van der Waals surface area contributed by atoms with Crippen molar-refractivity contribution in [1.29, 1.82) is 0 Å². The summed E-state index contributed by atoms with van der Waals surface area (Å²) in [5, 5.41) is 8.97. The van der Waals surface area contributed by atoms with Crippen LogP contribution in [-0.2, 0) is 39.6 Å². The van der Waals surface area contributed by atoms with Crippen LogP contribution in [0, 0.1) is 6.92 Å². The Kier molecular flexibility index (Phi) is 4.47. The van der Waals surface area contributed by atoms with Crippen molar-refractivity contribution >= 4 is 5.91 Å². The van der Waals surface area contributed by atoms with Gasteiger partial charge in [-0.05, 0) is 30.5 Å². The molecule has 2 aromatic heterocycles. The van der Waals surface area contributed by atoms with E-state index in [9.17, 15) is 4.79 Å². The lowest BCUT2D eigenvalue weighted by Crippen LogP contribution is -2.36. The Hall–Kier alpha value is -2.93. The molecule has 150 valence electrons. The summed E-state index contributed by atoms with van der Waals surface area (Å²) in [6.07, 6.45) is 2.86. The fraction of sp³-hybridized carbons (Fsp3) is 0.409.